The maximum atomic E-state index is 12.6. The average molecular weight is 352 g/mol. The van der Waals surface area contributed by atoms with Crippen molar-refractivity contribution in [2.45, 2.75) is 42.2 Å². The molecule has 4 nitrogen and oxygen atoms in total. The molecule has 2 aromatic carbocycles. The zero-order chi connectivity index (χ0) is 16.5. The highest BCUT2D eigenvalue weighted by atomic mass is 32.3. The largest absolute Gasteiger partial charge is 0.227 e. The predicted octanol–water partition coefficient (Wildman–Crippen LogP) is 3.32. The lowest BCUT2D eigenvalue weighted by Crippen LogP contribution is -2.29. The van der Waals surface area contributed by atoms with Crippen LogP contribution in [0.1, 0.15) is 32.1 Å². The number of hydrogen-bond donors (Lipinski definition) is 0. The smallest absolute Gasteiger partial charge is 0.192 e. The maximum absolute atomic E-state index is 12.6. The predicted molar refractivity (Wildman–Crippen MR) is 91.8 cm³/mol. The number of fused-ring (bicyclic) bond motifs is 1. The van der Waals surface area contributed by atoms with E-state index in [1.165, 1.54) is 6.07 Å². The van der Waals surface area contributed by atoms with Crippen LogP contribution in [0.15, 0.2) is 47.4 Å². The van der Waals surface area contributed by atoms with Crippen molar-refractivity contribution in [2.75, 3.05) is 5.08 Å². The van der Waals surface area contributed by atoms with Gasteiger partial charge in [0.05, 0.1) is 10.1 Å². The summed E-state index contributed by atoms with van der Waals surface area (Å²) in [6.45, 7) is 0. The molecule has 0 aromatic heterocycles. The molecule has 0 aliphatic heterocycles. The van der Waals surface area contributed by atoms with E-state index in [2.05, 4.69) is 0 Å². The fraction of sp³-hybridized carbons (Fsp3) is 0.412. The molecule has 1 fully saturated rings. The SMILES string of the molecule is O=S(=O)(CS(=O)(=O)C1CCCCC1)c1ccc2ccccc2c1. The van der Waals surface area contributed by atoms with Gasteiger partial charge in [0, 0.05) is 0 Å². The summed E-state index contributed by atoms with van der Waals surface area (Å²) >= 11 is 0. The molecule has 0 spiro atoms. The van der Waals surface area contributed by atoms with Crippen molar-refractivity contribution in [2.24, 2.45) is 0 Å². The molecule has 0 amide bonds. The van der Waals surface area contributed by atoms with Crippen molar-refractivity contribution in [3.8, 4) is 0 Å². The Labute approximate surface area is 137 Å². The third-order valence-corrected chi connectivity index (χ3v) is 9.47. The topological polar surface area (TPSA) is 68.3 Å². The van der Waals surface area contributed by atoms with Gasteiger partial charge in [0.25, 0.3) is 0 Å². The maximum Gasteiger partial charge on any atom is 0.192 e. The Kier molecular flexibility index (Phi) is 4.47. The third kappa shape index (κ3) is 3.58. The first-order valence-corrected chi connectivity index (χ1v) is 11.2. The lowest BCUT2D eigenvalue weighted by Gasteiger charge is -2.21. The van der Waals surface area contributed by atoms with Crippen LogP contribution in [0.25, 0.3) is 10.8 Å². The molecular weight excluding hydrogens is 332 g/mol. The van der Waals surface area contributed by atoms with E-state index in [0.29, 0.717) is 12.8 Å². The summed E-state index contributed by atoms with van der Waals surface area (Å²) in [6, 6.07) is 12.2. The Morgan fingerprint density at radius 3 is 2.17 bits per heavy atom. The van der Waals surface area contributed by atoms with E-state index in [-0.39, 0.29) is 4.90 Å². The van der Waals surface area contributed by atoms with E-state index in [0.717, 1.165) is 30.0 Å². The molecule has 0 heterocycles. The van der Waals surface area contributed by atoms with Gasteiger partial charge in [-0.15, -0.1) is 0 Å². The van der Waals surface area contributed by atoms with E-state index < -0.39 is 30.0 Å². The molecule has 1 aliphatic carbocycles. The average Bonchev–Trinajstić information content (AvgIpc) is 2.54. The van der Waals surface area contributed by atoms with E-state index in [9.17, 15) is 16.8 Å². The van der Waals surface area contributed by atoms with E-state index in [4.69, 9.17) is 0 Å². The fourth-order valence-corrected chi connectivity index (χ4v) is 7.84. The van der Waals surface area contributed by atoms with Gasteiger partial charge in [-0.1, -0.05) is 49.6 Å². The van der Waals surface area contributed by atoms with Gasteiger partial charge in [-0.05, 0) is 35.7 Å². The Hall–Kier alpha value is -1.40. The van der Waals surface area contributed by atoms with Gasteiger partial charge in [0.1, 0.15) is 0 Å². The monoisotopic (exact) mass is 352 g/mol. The number of sulfone groups is 2. The number of rotatable bonds is 4. The number of hydrogen-bond acceptors (Lipinski definition) is 4. The van der Waals surface area contributed by atoms with Gasteiger partial charge in [0.15, 0.2) is 24.8 Å². The molecule has 6 heteroatoms. The van der Waals surface area contributed by atoms with Crippen LogP contribution in [0.2, 0.25) is 0 Å². The van der Waals surface area contributed by atoms with Crippen LogP contribution in [-0.2, 0) is 19.7 Å². The third-order valence-electron chi connectivity index (χ3n) is 4.46. The highest BCUT2D eigenvalue weighted by molar-refractivity contribution is 8.08. The van der Waals surface area contributed by atoms with Crippen molar-refractivity contribution in [3.05, 3.63) is 42.5 Å². The second-order valence-corrected chi connectivity index (χ2v) is 10.8. The zero-order valence-corrected chi connectivity index (χ0v) is 14.4. The molecule has 0 bridgehead atoms. The normalized spacial score (nSPS) is 17.4. The van der Waals surface area contributed by atoms with Gasteiger partial charge in [-0.3, -0.25) is 0 Å². The molecule has 124 valence electrons. The summed E-state index contributed by atoms with van der Waals surface area (Å²) in [4.78, 5) is 0.0792. The first kappa shape index (κ1) is 16.5. The van der Waals surface area contributed by atoms with Gasteiger partial charge >= 0.3 is 0 Å². The second kappa shape index (κ2) is 6.24. The Morgan fingerprint density at radius 1 is 0.826 bits per heavy atom. The minimum absolute atomic E-state index is 0.0792. The minimum Gasteiger partial charge on any atom is -0.227 e. The zero-order valence-electron chi connectivity index (χ0n) is 12.8. The Bertz CT molecular complexity index is 909. The van der Waals surface area contributed by atoms with Crippen LogP contribution in [0.5, 0.6) is 0 Å². The van der Waals surface area contributed by atoms with Gasteiger partial charge in [0.2, 0.25) is 0 Å². The lowest BCUT2D eigenvalue weighted by atomic mass is 10.0. The van der Waals surface area contributed by atoms with Crippen LogP contribution in [0.4, 0.5) is 0 Å². The fourth-order valence-electron chi connectivity index (χ4n) is 3.17. The van der Waals surface area contributed by atoms with Crippen LogP contribution < -0.4 is 0 Å². The molecule has 2 aromatic rings. The van der Waals surface area contributed by atoms with E-state index in [1.54, 1.807) is 12.1 Å². The van der Waals surface area contributed by atoms with E-state index in [1.807, 2.05) is 24.3 Å². The first-order valence-electron chi connectivity index (χ1n) is 7.82. The van der Waals surface area contributed by atoms with Gasteiger partial charge < -0.3 is 0 Å². The summed E-state index contributed by atoms with van der Waals surface area (Å²) in [5.41, 5.74) is 0. The molecule has 0 radical (unpaired) electrons. The summed E-state index contributed by atoms with van der Waals surface area (Å²) in [6.07, 6.45) is 3.91. The highest BCUT2D eigenvalue weighted by Gasteiger charge is 2.32. The standard InChI is InChI=1S/C17H20O4S2/c18-22(19,16-8-2-1-3-9-16)13-23(20,21)17-11-10-14-6-4-5-7-15(14)12-17/h4-7,10-12,16H,1-3,8-9,13H2. The van der Waals surface area contributed by atoms with Crippen molar-refractivity contribution in [3.63, 3.8) is 0 Å². The summed E-state index contributed by atoms with van der Waals surface area (Å²) in [7, 11) is -7.48. The van der Waals surface area contributed by atoms with E-state index >= 15 is 0 Å². The number of benzene rings is 2. The van der Waals surface area contributed by atoms with Crippen LogP contribution in [0, 0.1) is 0 Å². The second-order valence-electron chi connectivity index (χ2n) is 6.16. The quantitative estimate of drug-likeness (QED) is 0.846. The van der Waals surface area contributed by atoms with Gasteiger partial charge in [-0.25, -0.2) is 16.8 Å². The van der Waals surface area contributed by atoms with Crippen molar-refractivity contribution in [1.29, 1.82) is 0 Å². The van der Waals surface area contributed by atoms with Crippen LogP contribution >= 0.6 is 0 Å². The van der Waals surface area contributed by atoms with Crippen LogP contribution in [0.3, 0.4) is 0 Å². The van der Waals surface area contributed by atoms with Crippen molar-refractivity contribution in [1.82, 2.24) is 0 Å². The van der Waals surface area contributed by atoms with Gasteiger partial charge in [-0.2, -0.15) is 0 Å². The Morgan fingerprint density at radius 2 is 1.48 bits per heavy atom. The Balaban J connectivity index is 1.90. The van der Waals surface area contributed by atoms with Crippen molar-refractivity contribution < 1.29 is 16.8 Å². The lowest BCUT2D eigenvalue weighted by molar-refractivity contribution is 0.485. The summed E-state index contributed by atoms with van der Waals surface area (Å²) in [5.74, 6) is 0. The van der Waals surface area contributed by atoms with Crippen molar-refractivity contribution >= 4 is 30.4 Å². The molecule has 23 heavy (non-hydrogen) atoms. The molecule has 0 saturated heterocycles. The molecular formula is C17H20O4S2. The summed E-state index contributed by atoms with van der Waals surface area (Å²) < 4.78 is 50.0. The highest BCUT2D eigenvalue weighted by Crippen LogP contribution is 2.27. The molecule has 0 N–H and O–H groups in total. The molecule has 0 atom stereocenters. The molecule has 3 rings (SSSR count). The molecule has 1 saturated carbocycles. The molecule has 0 unspecified atom stereocenters. The molecule has 1 aliphatic rings. The van der Waals surface area contributed by atoms with Crippen LogP contribution in [-0.4, -0.2) is 27.2 Å². The first-order chi connectivity index (χ1) is 10.9. The summed E-state index contributed by atoms with van der Waals surface area (Å²) in [5, 5.41) is 0.430. The minimum atomic E-state index is -3.85.